The van der Waals surface area contributed by atoms with E-state index < -0.39 is 0 Å². The molecule has 0 bridgehead atoms. The van der Waals surface area contributed by atoms with Crippen LogP contribution in [0.3, 0.4) is 0 Å². The van der Waals surface area contributed by atoms with Gasteiger partial charge in [-0.3, -0.25) is 0 Å². The molecule has 16 heavy (non-hydrogen) atoms. The zero-order valence-corrected chi connectivity index (χ0v) is 10.9. The predicted molar refractivity (Wildman–Crippen MR) is 70.2 cm³/mol. The third kappa shape index (κ3) is 4.62. The lowest BCUT2D eigenvalue weighted by Gasteiger charge is -2.22. The molecule has 1 unspecified atom stereocenters. The molecule has 2 N–H and O–H groups in total. The molecule has 0 aliphatic carbocycles. The zero-order chi connectivity index (χ0) is 11.1. The summed E-state index contributed by atoms with van der Waals surface area (Å²) in [6, 6.07) is 0. The second-order valence-corrected chi connectivity index (χ2v) is 6.07. The van der Waals surface area contributed by atoms with Crippen LogP contribution in [-0.2, 0) is 4.74 Å². The predicted octanol–water partition coefficient (Wildman–Crippen LogP) is 1.24. The van der Waals surface area contributed by atoms with Crippen LogP contribution in [0.5, 0.6) is 0 Å². The van der Waals surface area contributed by atoms with Gasteiger partial charge < -0.3 is 15.4 Å². The van der Waals surface area contributed by atoms with E-state index in [9.17, 15) is 0 Å². The van der Waals surface area contributed by atoms with Crippen LogP contribution in [0.2, 0.25) is 0 Å². The molecular weight excluding hydrogens is 220 g/mol. The first-order valence-electron chi connectivity index (χ1n) is 6.60. The minimum Gasteiger partial charge on any atom is -0.377 e. The van der Waals surface area contributed by atoms with Gasteiger partial charge in [-0.15, -0.1) is 0 Å². The lowest BCUT2D eigenvalue weighted by molar-refractivity contribution is 0.110. The number of nitrogens with one attached hydrogen (secondary N) is 2. The van der Waals surface area contributed by atoms with Gasteiger partial charge in [0.25, 0.3) is 0 Å². The smallest absolute Gasteiger partial charge is 0.0700 e. The second-order valence-electron chi connectivity index (χ2n) is 4.66. The topological polar surface area (TPSA) is 33.3 Å². The molecule has 0 aromatic heterocycles. The highest BCUT2D eigenvalue weighted by atomic mass is 32.2. The molecule has 2 saturated heterocycles. The molecule has 2 heterocycles. The maximum atomic E-state index is 5.57. The Bertz CT molecular complexity index is 180. The van der Waals surface area contributed by atoms with Crippen molar-refractivity contribution in [3.8, 4) is 0 Å². The maximum absolute atomic E-state index is 5.57. The quantitative estimate of drug-likeness (QED) is 0.689. The van der Waals surface area contributed by atoms with E-state index in [0.29, 0.717) is 6.10 Å². The van der Waals surface area contributed by atoms with Crippen LogP contribution in [0.1, 0.15) is 25.7 Å². The molecule has 94 valence electrons. The molecule has 2 aliphatic rings. The van der Waals surface area contributed by atoms with E-state index >= 15 is 0 Å². The van der Waals surface area contributed by atoms with E-state index in [2.05, 4.69) is 22.4 Å². The Morgan fingerprint density at radius 2 is 2.12 bits per heavy atom. The van der Waals surface area contributed by atoms with E-state index in [1.165, 1.54) is 44.5 Å². The first-order valence-corrected chi connectivity index (χ1v) is 7.64. The van der Waals surface area contributed by atoms with Crippen molar-refractivity contribution in [2.24, 2.45) is 0 Å². The maximum Gasteiger partial charge on any atom is 0.0700 e. The Balaban J connectivity index is 1.42. The minimum atomic E-state index is 0.490. The largest absolute Gasteiger partial charge is 0.377 e. The van der Waals surface area contributed by atoms with E-state index in [1.54, 1.807) is 0 Å². The first kappa shape index (κ1) is 12.7. The van der Waals surface area contributed by atoms with Gasteiger partial charge >= 0.3 is 0 Å². The van der Waals surface area contributed by atoms with Crippen LogP contribution in [0, 0.1) is 0 Å². The molecule has 2 aliphatic heterocycles. The summed E-state index contributed by atoms with van der Waals surface area (Å²) in [5.41, 5.74) is 0. The Morgan fingerprint density at radius 1 is 1.25 bits per heavy atom. The van der Waals surface area contributed by atoms with Crippen LogP contribution < -0.4 is 10.6 Å². The van der Waals surface area contributed by atoms with Crippen LogP contribution in [-0.4, -0.2) is 49.9 Å². The summed E-state index contributed by atoms with van der Waals surface area (Å²) >= 11 is 2.14. The van der Waals surface area contributed by atoms with Crippen molar-refractivity contribution in [2.75, 3.05) is 38.5 Å². The molecule has 1 atom stereocenters. The summed E-state index contributed by atoms with van der Waals surface area (Å²) in [6.07, 6.45) is 5.67. The molecule has 0 amide bonds. The summed E-state index contributed by atoms with van der Waals surface area (Å²) in [4.78, 5) is 0. The summed E-state index contributed by atoms with van der Waals surface area (Å²) in [5.74, 6) is 1.25. The van der Waals surface area contributed by atoms with Crippen LogP contribution in [0.25, 0.3) is 0 Å². The summed E-state index contributed by atoms with van der Waals surface area (Å²) in [6.45, 7) is 5.57. The van der Waals surface area contributed by atoms with E-state index in [1.807, 2.05) is 0 Å². The van der Waals surface area contributed by atoms with Crippen molar-refractivity contribution >= 4 is 11.8 Å². The average Bonchev–Trinajstić information content (AvgIpc) is 2.83. The number of hydrogen-bond donors (Lipinski definition) is 2. The molecule has 4 heteroatoms. The van der Waals surface area contributed by atoms with Crippen molar-refractivity contribution in [1.29, 1.82) is 0 Å². The van der Waals surface area contributed by atoms with Crippen molar-refractivity contribution in [1.82, 2.24) is 10.6 Å². The van der Waals surface area contributed by atoms with Gasteiger partial charge in [0.05, 0.1) is 6.10 Å². The lowest BCUT2D eigenvalue weighted by Crippen LogP contribution is -2.31. The number of thioether (sulfide) groups is 1. The highest BCUT2D eigenvalue weighted by Gasteiger charge is 2.15. The number of piperidine rings is 1. The van der Waals surface area contributed by atoms with Gasteiger partial charge in [-0.1, -0.05) is 0 Å². The summed E-state index contributed by atoms with van der Waals surface area (Å²) < 4.78 is 5.57. The molecule has 3 nitrogen and oxygen atoms in total. The minimum absolute atomic E-state index is 0.490. The monoisotopic (exact) mass is 244 g/mol. The summed E-state index contributed by atoms with van der Waals surface area (Å²) in [7, 11) is 0. The van der Waals surface area contributed by atoms with E-state index in [0.717, 1.165) is 24.9 Å². The molecular formula is C12H24N2OS. The second kappa shape index (κ2) is 7.54. The van der Waals surface area contributed by atoms with E-state index in [4.69, 9.17) is 4.74 Å². The van der Waals surface area contributed by atoms with Crippen LogP contribution in [0.15, 0.2) is 0 Å². The number of rotatable bonds is 6. The fraction of sp³-hybridized carbons (Fsp3) is 1.00. The van der Waals surface area contributed by atoms with Crippen LogP contribution >= 0.6 is 11.8 Å². The fourth-order valence-corrected chi connectivity index (χ4v) is 3.49. The SMILES string of the molecule is C1COC(CNCCSC2CCNCC2)C1. The van der Waals surface area contributed by atoms with Gasteiger partial charge in [-0.25, -0.2) is 0 Å². The Labute approximate surface area is 103 Å². The van der Waals surface area contributed by atoms with Crippen molar-refractivity contribution in [2.45, 2.75) is 37.0 Å². The molecule has 2 fully saturated rings. The van der Waals surface area contributed by atoms with Crippen molar-refractivity contribution < 1.29 is 4.74 Å². The molecule has 0 aromatic carbocycles. The zero-order valence-electron chi connectivity index (χ0n) is 10.0. The Morgan fingerprint density at radius 3 is 2.88 bits per heavy atom. The van der Waals surface area contributed by atoms with Gasteiger partial charge in [0, 0.05) is 30.7 Å². The average molecular weight is 244 g/mol. The van der Waals surface area contributed by atoms with Gasteiger partial charge in [0.1, 0.15) is 0 Å². The Hall–Kier alpha value is 0.230. The van der Waals surface area contributed by atoms with E-state index in [-0.39, 0.29) is 0 Å². The first-order chi connectivity index (χ1) is 7.95. The lowest BCUT2D eigenvalue weighted by atomic mass is 10.2. The molecule has 2 rings (SSSR count). The number of hydrogen-bond acceptors (Lipinski definition) is 4. The normalized spacial score (nSPS) is 27.4. The molecule has 0 radical (unpaired) electrons. The Kier molecular flexibility index (Phi) is 5.97. The van der Waals surface area contributed by atoms with Crippen LogP contribution in [0.4, 0.5) is 0 Å². The van der Waals surface area contributed by atoms with Crippen molar-refractivity contribution in [3.05, 3.63) is 0 Å². The van der Waals surface area contributed by atoms with Crippen molar-refractivity contribution in [3.63, 3.8) is 0 Å². The van der Waals surface area contributed by atoms with Gasteiger partial charge in [0.15, 0.2) is 0 Å². The molecule has 0 saturated carbocycles. The third-order valence-electron chi connectivity index (χ3n) is 3.31. The van der Waals surface area contributed by atoms with Gasteiger partial charge in [0.2, 0.25) is 0 Å². The molecule has 0 aromatic rings. The summed E-state index contributed by atoms with van der Waals surface area (Å²) in [5, 5.41) is 7.81. The fourth-order valence-electron chi connectivity index (χ4n) is 2.33. The number of ether oxygens (including phenoxy) is 1. The van der Waals surface area contributed by atoms with Gasteiger partial charge in [-0.2, -0.15) is 11.8 Å². The van der Waals surface area contributed by atoms with Gasteiger partial charge in [-0.05, 0) is 38.8 Å². The standard InChI is InChI=1S/C12H24N2OS/c1-2-11(15-8-1)10-14-7-9-16-12-3-5-13-6-4-12/h11-14H,1-10H2. The highest BCUT2D eigenvalue weighted by molar-refractivity contribution is 7.99. The highest BCUT2D eigenvalue weighted by Crippen LogP contribution is 2.19. The molecule has 0 spiro atoms. The third-order valence-corrected chi connectivity index (χ3v) is 4.70.